The van der Waals surface area contributed by atoms with Crippen molar-refractivity contribution in [2.75, 3.05) is 5.32 Å². The maximum atomic E-state index is 13.4. The second-order valence-electron chi connectivity index (χ2n) is 8.42. The van der Waals surface area contributed by atoms with Crippen LogP contribution in [0, 0.1) is 20.8 Å². The van der Waals surface area contributed by atoms with Gasteiger partial charge in [-0.25, -0.2) is 13.9 Å². The normalized spacial score (nSPS) is 15.1. The van der Waals surface area contributed by atoms with Crippen LogP contribution in [0.4, 0.5) is 24.8 Å². The third kappa shape index (κ3) is 4.35. The van der Waals surface area contributed by atoms with E-state index in [0.717, 1.165) is 27.6 Å². The van der Waals surface area contributed by atoms with E-state index >= 15 is 0 Å². The van der Waals surface area contributed by atoms with Crippen molar-refractivity contribution in [3.05, 3.63) is 76.7 Å². The number of halogens is 3. The van der Waals surface area contributed by atoms with Gasteiger partial charge in [0.05, 0.1) is 10.5 Å². The fourth-order valence-corrected chi connectivity index (χ4v) is 4.96. The number of rotatable bonds is 4. The SMILES string of the molecule is Cc1cc(C)cc(Nc2ncc(-c3ccc4c(c3)C(=O)NS4=O)c(-n3nc(C(F)(F)F)cc3C)n2)c1. The first-order valence-corrected chi connectivity index (χ1v) is 11.9. The summed E-state index contributed by atoms with van der Waals surface area (Å²) in [6, 6.07) is 11.4. The molecule has 36 heavy (non-hydrogen) atoms. The zero-order valence-electron chi connectivity index (χ0n) is 19.3. The third-order valence-corrected chi connectivity index (χ3v) is 6.67. The predicted octanol–water partition coefficient (Wildman–Crippen LogP) is 4.78. The average molecular weight is 513 g/mol. The van der Waals surface area contributed by atoms with Gasteiger partial charge in [0.1, 0.15) is 0 Å². The zero-order chi connectivity index (χ0) is 25.8. The Morgan fingerprint density at radius 3 is 2.39 bits per heavy atom. The molecule has 1 aliphatic rings. The summed E-state index contributed by atoms with van der Waals surface area (Å²) in [5.74, 6) is -0.262. The first kappa shape index (κ1) is 23.7. The van der Waals surface area contributed by atoms with Crippen LogP contribution in [0.2, 0.25) is 0 Å². The van der Waals surface area contributed by atoms with Gasteiger partial charge in [-0.3, -0.25) is 9.52 Å². The smallest absolute Gasteiger partial charge is 0.324 e. The highest BCUT2D eigenvalue weighted by Crippen LogP contribution is 2.33. The lowest BCUT2D eigenvalue weighted by atomic mass is 10.0. The Balaban J connectivity index is 1.66. The molecule has 12 heteroatoms. The van der Waals surface area contributed by atoms with E-state index in [1.54, 1.807) is 6.07 Å². The van der Waals surface area contributed by atoms with Crippen molar-refractivity contribution < 1.29 is 22.2 Å². The Bertz CT molecular complexity index is 1540. The summed E-state index contributed by atoms with van der Waals surface area (Å²) in [5.41, 5.74) is 2.91. The molecule has 0 spiro atoms. The van der Waals surface area contributed by atoms with Crippen LogP contribution >= 0.6 is 0 Å². The Kier molecular flexibility index (Phi) is 5.62. The summed E-state index contributed by atoms with van der Waals surface area (Å²) in [6.45, 7) is 5.37. The van der Waals surface area contributed by atoms with Gasteiger partial charge in [-0.2, -0.15) is 23.3 Å². The maximum Gasteiger partial charge on any atom is 0.435 e. The van der Waals surface area contributed by atoms with Gasteiger partial charge >= 0.3 is 6.18 Å². The molecule has 1 atom stereocenters. The number of aromatic nitrogens is 4. The molecule has 2 aromatic carbocycles. The molecule has 5 rings (SSSR count). The molecule has 3 heterocycles. The lowest BCUT2D eigenvalue weighted by molar-refractivity contribution is -0.141. The van der Waals surface area contributed by atoms with E-state index in [9.17, 15) is 22.2 Å². The number of carbonyl (C=O) groups excluding carboxylic acids is 1. The van der Waals surface area contributed by atoms with Crippen molar-refractivity contribution in [3.8, 4) is 16.9 Å². The zero-order valence-corrected chi connectivity index (χ0v) is 20.1. The number of hydrogen-bond donors (Lipinski definition) is 2. The minimum Gasteiger partial charge on any atom is -0.324 e. The van der Waals surface area contributed by atoms with Gasteiger partial charge in [-0.1, -0.05) is 12.1 Å². The van der Waals surface area contributed by atoms with Crippen molar-refractivity contribution in [2.45, 2.75) is 31.8 Å². The Morgan fingerprint density at radius 2 is 1.72 bits per heavy atom. The summed E-state index contributed by atoms with van der Waals surface area (Å²) in [7, 11) is -1.66. The molecule has 2 aromatic heterocycles. The molecule has 1 aliphatic heterocycles. The van der Waals surface area contributed by atoms with Crippen LogP contribution in [-0.4, -0.2) is 29.9 Å². The Labute approximate surface area is 206 Å². The van der Waals surface area contributed by atoms with Crippen molar-refractivity contribution in [1.29, 1.82) is 0 Å². The van der Waals surface area contributed by atoms with E-state index < -0.39 is 28.8 Å². The molecule has 1 amide bonds. The van der Waals surface area contributed by atoms with Crippen LogP contribution in [-0.2, 0) is 17.2 Å². The third-order valence-electron chi connectivity index (χ3n) is 5.55. The molecule has 184 valence electrons. The van der Waals surface area contributed by atoms with Gasteiger partial charge in [0, 0.05) is 23.1 Å². The summed E-state index contributed by atoms with van der Waals surface area (Å²) in [6.07, 6.45) is -3.19. The first-order valence-electron chi connectivity index (χ1n) is 10.7. The summed E-state index contributed by atoms with van der Waals surface area (Å²) >= 11 is 0. The largest absolute Gasteiger partial charge is 0.435 e. The Morgan fingerprint density at radius 1 is 1.00 bits per heavy atom. The van der Waals surface area contributed by atoms with E-state index in [0.29, 0.717) is 16.0 Å². The number of nitrogens with one attached hydrogen (secondary N) is 2. The van der Waals surface area contributed by atoms with Crippen molar-refractivity contribution in [2.24, 2.45) is 0 Å². The number of anilines is 2. The topological polar surface area (TPSA) is 102 Å². The van der Waals surface area contributed by atoms with E-state index in [4.69, 9.17) is 0 Å². The fourth-order valence-electron chi connectivity index (χ4n) is 4.03. The molecule has 0 saturated heterocycles. The van der Waals surface area contributed by atoms with E-state index in [1.807, 2.05) is 32.0 Å². The fraction of sp³-hybridized carbons (Fsp3) is 0.167. The molecule has 4 aromatic rings. The number of alkyl halides is 3. The summed E-state index contributed by atoms with van der Waals surface area (Å²) in [5, 5.41) is 6.85. The summed E-state index contributed by atoms with van der Waals surface area (Å²) in [4.78, 5) is 21.4. The van der Waals surface area contributed by atoms with E-state index in [2.05, 4.69) is 25.1 Å². The number of benzene rings is 2. The lowest BCUT2D eigenvalue weighted by Crippen LogP contribution is -2.15. The standard InChI is InChI=1S/C24H19F3N6O2S/c1-12-6-13(2)8-16(7-12)29-23-28-11-18(15-4-5-19-17(10-15)22(34)32-36(19)35)21(30-23)33-14(3)9-20(31-33)24(25,26)27/h4-11H,1-3H3,(H,32,34)(H,28,29,30). The van der Waals surface area contributed by atoms with Crippen molar-refractivity contribution >= 4 is 28.5 Å². The molecule has 1 unspecified atom stereocenters. The van der Waals surface area contributed by atoms with Crippen molar-refractivity contribution in [3.63, 3.8) is 0 Å². The number of hydrogen-bond acceptors (Lipinski definition) is 6. The number of aryl methyl sites for hydroxylation is 3. The van der Waals surface area contributed by atoms with Gasteiger partial charge in [-0.15, -0.1) is 0 Å². The molecule has 8 nitrogen and oxygen atoms in total. The molecular formula is C24H19F3N6O2S. The van der Waals surface area contributed by atoms with Crippen LogP contribution < -0.4 is 10.0 Å². The highest BCUT2D eigenvalue weighted by Gasteiger charge is 2.35. The van der Waals surface area contributed by atoms with E-state index in [1.165, 1.54) is 25.3 Å². The minimum atomic E-state index is -4.64. The van der Waals surface area contributed by atoms with Gasteiger partial charge in [0.15, 0.2) is 22.5 Å². The minimum absolute atomic E-state index is 0.0874. The lowest BCUT2D eigenvalue weighted by Gasteiger charge is -2.14. The van der Waals surface area contributed by atoms with Crippen LogP contribution in [0.5, 0.6) is 0 Å². The quantitative estimate of drug-likeness (QED) is 0.408. The molecule has 0 saturated carbocycles. The second kappa shape index (κ2) is 8.55. The van der Waals surface area contributed by atoms with Crippen LogP contribution in [0.15, 0.2) is 53.6 Å². The van der Waals surface area contributed by atoms with Gasteiger partial charge in [0.2, 0.25) is 5.95 Å². The molecule has 2 N–H and O–H groups in total. The number of fused-ring (bicyclic) bond motifs is 1. The molecule has 0 radical (unpaired) electrons. The number of amides is 1. The monoisotopic (exact) mass is 512 g/mol. The highest BCUT2D eigenvalue weighted by atomic mass is 32.2. The molecule has 0 fully saturated rings. The van der Waals surface area contributed by atoms with Crippen LogP contribution in [0.25, 0.3) is 16.9 Å². The first-order chi connectivity index (χ1) is 17.0. The Hall–Kier alpha value is -4.06. The van der Waals surface area contributed by atoms with E-state index in [-0.39, 0.29) is 23.0 Å². The van der Waals surface area contributed by atoms with Gasteiger partial charge < -0.3 is 5.32 Å². The predicted molar refractivity (Wildman–Crippen MR) is 127 cm³/mol. The second-order valence-corrected chi connectivity index (χ2v) is 9.61. The maximum absolute atomic E-state index is 13.4. The summed E-state index contributed by atoms with van der Waals surface area (Å²) < 4.78 is 55.7. The molecular weight excluding hydrogens is 493 g/mol. The number of nitrogens with zero attached hydrogens (tertiary/aromatic N) is 4. The van der Waals surface area contributed by atoms with Crippen molar-refractivity contribution in [1.82, 2.24) is 24.5 Å². The molecule has 0 bridgehead atoms. The van der Waals surface area contributed by atoms with Gasteiger partial charge in [0.25, 0.3) is 5.91 Å². The van der Waals surface area contributed by atoms with Crippen LogP contribution in [0.1, 0.15) is 32.9 Å². The molecule has 0 aliphatic carbocycles. The van der Waals surface area contributed by atoms with Gasteiger partial charge in [-0.05, 0) is 67.8 Å². The number of carbonyl (C=O) groups is 1. The highest BCUT2D eigenvalue weighted by molar-refractivity contribution is 7.84. The average Bonchev–Trinajstić information content (AvgIpc) is 3.32. The van der Waals surface area contributed by atoms with Crippen LogP contribution in [0.3, 0.4) is 0 Å².